The first-order valence-electron chi connectivity index (χ1n) is 10.5. The van der Waals surface area contributed by atoms with E-state index in [0.29, 0.717) is 11.4 Å². The van der Waals surface area contributed by atoms with Crippen LogP contribution in [0.3, 0.4) is 0 Å². The first-order valence-corrected chi connectivity index (χ1v) is 10.5. The molecule has 1 aliphatic rings. The Balaban J connectivity index is 1.56. The van der Waals surface area contributed by atoms with Crippen molar-refractivity contribution in [1.82, 2.24) is 9.36 Å². The zero-order valence-electron chi connectivity index (χ0n) is 17.7. The summed E-state index contributed by atoms with van der Waals surface area (Å²) in [6.45, 7) is 3.66. The minimum Gasteiger partial charge on any atom is -0.374 e. The van der Waals surface area contributed by atoms with Gasteiger partial charge in [0.15, 0.2) is 0 Å². The van der Waals surface area contributed by atoms with E-state index < -0.39 is 6.04 Å². The number of carbonyl (C=O) groups excluding carboxylic acids is 1. The van der Waals surface area contributed by atoms with Crippen molar-refractivity contribution in [1.29, 1.82) is 0 Å². The summed E-state index contributed by atoms with van der Waals surface area (Å²) in [7, 11) is 1.82. The van der Waals surface area contributed by atoms with Crippen LogP contribution in [-0.2, 0) is 24.7 Å². The fraction of sp³-hybridized carbons (Fsp3) is 0.333. The van der Waals surface area contributed by atoms with Crippen LogP contribution < -0.4 is 16.2 Å². The Labute approximate surface area is 176 Å². The van der Waals surface area contributed by atoms with Crippen LogP contribution >= 0.6 is 0 Å². The van der Waals surface area contributed by atoms with Crippen molar-refractivity contribution in [2.75, 3.05) is 10.6 Å². The van der Waals surface area contributed by atoms with Crippen molar-refractivity contribution in [3.8, 4) is 5.69 Å². The van der Waals surface area contributed by atoms with E-state index in [1.807, 2.05) is 63.4 Å². The Morgan fingerprint density at radius 2 is 1.77 bits per heavy atom. The van der Waals surface area contributed by atoms with Crippen molar-refractivity contribution in [3.63, 3.8) is 0 Å². The van der Waals surface area contributed by atoms with Gasteiger partial charge in [0.1, 0.15) is 11.7 Å². The molecular weight excluding hydrogens is 376 g/mol. The van der Waals surface area contributed by atoms with E-state index in [1.165, 1.54) is 24.0 Å². The number of hydrogen-bond donors (Lipinski definition) is 2. The predicted molar refractivity (Wildman–Crippen MR) is 121 cm³/mol. The number of para-hydroxylation sites is 1. The summed E-state index contributed by atoms with van der Waals surface area (Å²) in [5, 5.41) is 6.21. The summed E-state index contributed by atoms with van der Waals surface area (Å²) < 4.78 is 3.33. The van der Waals surface area contributed by atoms with Gasteiger partial charge < -0.3 is 10.6 Å². The lowest BCUT2D eigenvalue weighted by molar-refractivity contribution is -0.116. The number of fused-ring (bicyclic) bond motifs is 1. The van der Waals surface area contributed by atoms with E-state index in [2.05, 4.69) is 16.7 Å². The molecule has 0 aliphatic heterocycles. The molecule has 0 saturated heterocycles. The SMILES string of the molecule is Cc1c(NC(=O)C(C)Nc2cccc3c2CCCC3)c(=O)n(-c2ccccc2)n1C. The normalized spacial score (nSPS) is 14.1. The number of rotatable bonds is 5. The van der Waals surface area contributed by atoms with Gasteiger partial charge in [-0.05, 0) is 68.9 Å². The summed E-state index contributed by atoms with van der Waals surface area (Å²) in [5.41, 5.74) is 5.24. The second-order valence-corrected chi connectivity index (χ2v) is 7.94. The molecule has 1 unspecified atom stereocenters. The Kier molecular flexibility index (Phi) is 5.48. The van der Waals surface area contributed by atoms with Gasteiger partial charge in [0, 0.05) is 12.7 Å². The van der Waals surface area contributed by atoms with Crippen LogP contribution in [-0.4, -0.2) is 21.3 Å². The number of aromatic nitrogens is 2. The van der Waals surface area contributed by atoms with Crippen molar-refractivity contribution in [2.45, 2.75) is 45.6 Å². The molecule has 0 radical (unpaired) electrons. The van der Waals surface area contributed by atoms with E-state index in [-0.39, 0.29) is 11.5 Å². The molecule has 30 heavy (non-hydrogen) atoms. The summed E-state index contributed by atoms with van der Waals surface area (Å²) in [6.07, 6.45) is 4.52. The van der Waals surface area contributed by atoms with Gasteiger partial charge in [-0.25, -0.2) is 4.68 Å². The third-order valence-corrected chi connectivity index (χ3v) is 5.96. The van der Waals surface area contributed by atoms with E-state index in [0.717, 1.165) is 24.2 Å². The monoisotopic (exact) mass is 404 g/mol. The van der Waals surface area contributed by atoms with Crippen LogP contribution in [0, 0.1) is 6.92 Å². The second kappa shape index (κ2) is 8.22. The molecule has 0 spiro atoms. The lowest BCUT2D eigenvalue weighted by Crippen LogP contribution is -2.34. The Morgan fingerprint density at radius 3 is 2.53 bits per heavy atom. The van der Waals surface area contributed by atoms with E-state index in [1.54, 1.807) is 9.36 Å². The van der Waals surface area contributed by atoms with Gasteiger partial charge in [-0.3, -0.25) is 14.3 Å². The molecule has 3 aromatic rings. The predicted octanol–water partition coefficient (Wildman–Crippen LogP) is 3.80. The van der Waals surface area contributed by atoms with Crippen LogP contribution in [0.1, 0.15) is 36.6 Å². The van der Waals surface area contributed by atoms with Crippen molar-refractivity contribution in [2.24, 2.45) is 7.05 Å². The highest BCUT2D eigenvalue weighted by molar-refractivity contribution is 5.96. The molecule has 1 aliphatic carbocycles. The summed E-state index contributed by atoms with van der Waals surface area (Å²) in [4.78, 5) is 25.9. The first kappa shape index (κ1) is 20.0. The Hall–Kier alpha value is -3.28. The molecule has 1 aromatic heterocycles. The highest BCUT2D eigenvalue weighted by Gasteiger charge is 2.22. The standard InChI is InChI=1S/C24H28N4O2/c1-16(25-21-15-9-11-18-10-7-8-14-20(18)21)23(29)26-22-17(2)27(3)28(24(22)30)19-12-5-4-6-13-19/h4-6,9,11-13,15-16,25H,7-8,10,14H2,1-3H3,(H,26,29). The number of aryl methyl sites for hydroxylation is 1. The number of nitrogens with zero attached hydrogens (tertiary/aromatic N) is 2. The third-order valence-electron chi connectivity index (χ3n) is 5.96. The topological polar surface area (TPSA) is 68.1 Å². The first-order chi connectivity index (χ1) is 14.5. The van der Waals surface area contributed by atoms with Gasteiger partial charge in [-0.15, -0.1) is 0 Å². The maximum absolute atomic E-state index is 13.0. The molecule has 0 bridgehead atoms. The number of nitrogens with one attached hydrogen (secondary N) is 2. The Morgan fingerprint density at radius 1 is 1.03 bits per heavy atom. The highest BCUT2D eigenvalue weighted by atomic mass is 16.2. The lowest BCUT2D eigenvalue weighted by Gasteiger charge is -2.22. The van der Waals surface area contributed by atoms with Gasteiger partial charge in [-0.1, -0.05) is 30.3 Å². The van der Waals surface area contributed by atoms with Gasteiger partial charge in [0.25, 0.3) is 5.56 Å². The van der Waals surface area contributed by atoms with E-state index in [4.69, 9.17) is 0 Å². The molecule has 1 atom stereocenters. The molecule has 2 aromatic carbocycles. The average molecular weight is 405 g/mol. The molecule has 4 rings (SSSR count). The van der Waals surface area contributed by atoms with Crippen LogP contribution in [0.25, 0.3) is 5.69 Å². The zero-order valence-corrected chi connectivity index (χ0v) is 17.7. The number of amides is 1. The summed E-state index contributed by atoms with van der Waals surface area (Å²) >= 11 is 0. The fourth-order valence-corrected chi connectivity index (χ4v) is 4.16. The molecule has 156 valence electrons. The molecule has 2 N–H and O–H groups in total. The third kappa shape index (κ3) is 3.65. The average Bonchev–Trinajstić information content (AvgIpc) is 2.97. The highest BCUT2D eigenvalue weighted by Crippen LogP contribution is 2.28. The van der Waals surface area contributed by atoms with Gasteiger partial charge in [0.05, 0.1) is 11.4 Å². The van der Waals surface area contributed by atoms with Crippen LogP contribution in [0.4, 0.5) is 11.4 Å². The quantitative estimate of drug-likeness (QED) is 0.680. The second-order valence-electron chi connectivity index (χ2n) is 7.94. The minimum atomic E-state index is -0.470. The van der Waals surface area contributed by atoms with Gasteiger partial charge in [0.2, 0.25) is 5.91 Å². The Bertz CT molecular complexity index is 1130. The zero-order chi connectivity index (χ0) is 21.3. The molecule has 1 amide bonds. The largest absolute Gasteiger partial charge is 0.374 e. The van der Waals surface area contributed by atoms with Crippen molar-refractivity contribution >= 4 is 17.3 Å². The number of hydrogen-bond acceptors (Lipinski definition) is 3. The van der Waals surface area contributed by atoms with Crippen molar-refractivity contribution < 1.29 is 4.79 Å². The fourth-order valence-electron chi connectivity index (χ4n) is 4.16. The molecule has 6 nitrogen and oxygen atoms in total. The molecule has 6 heteroatoms. The summed E-state index contributed by atoms with van der Waals surface area (Å²) in [6, 6.07) is 15.2. The van der Waals surface area contributed by atoms with E-state index in [9.17, 15) is 9.59 Å². The molecule has 0 fully saturated rings. The maximum atomic E-state index is 13.0. The number of benzene rings is 2. The lowest BCUT2D eigenvalue weighted by atomic mass is 9.90. The smallest absolute Gasteiger partial charge is 0.295 e. The van der Waals surface area contributed by atoms with Crippen LogP contribution in [0.15, 0.2) is 53.3 Å². The van der Waals surface area contributed by atoms with Gasteiger partial charge >= 0.3 is 0 Å². The number of carbonyl (C=O) groups is 1. The molecular formula is C24H28N4O2. The summed E-state index contributed by atoms with van der Waals surface area (Å²) in [5.74, 6) is -0.227. The minimum absolute atomic E-state index is 0.227. The molecule has 0 saturated carbocycles. The van der Waals surface area contributed by atoms with Crippen LogP contribution in [0.2, 0.25) is 0 Å². The maximum Gasteiger partial charge on any atom is 0.295 e. The van der Waals surface area contributed by atoms with Crippen molar-refractivity contribution in [3.05, 3.63) is 75.7 Å². The molecule has 1 heterocycles. The van der Waals surface area contributed by atoms with Gasteiger partial charge in [-0.2, -0.15) is 0 Å². The number of anilines is 2. The van der Waals surface area contributed by atoms with E-state index >= 15 is 0 Å². The van der Waals surface area contributed by atoms with Crippen LogP contribution in [0.5, 0.6) is 0 Å².